The second-order valence-corrected chi connectivity index (χ2v) is 21.0. The summed E-state index contributed by atoms with van der Waals surface area (Å²) in [5, 5.41) is 13.9. The zero-order chi connectivity index (χ0) is 45.0. The number of amides is 1. The number of nitrogens with one attached hydrogen (secondary N) is 1. The van der Waals surface area contributed by atoms with Gasteiger partial charge in [-0.2, -0.15) is 0 Å². The predicted molar refractivity (Wildman–Crippen MR) is 261 cm³/mol. The van der Waals surface area contributed by atoms with Gasteiger partial charge in [0.15, 0.2) is 0 Å². The van der Waals surface area contributed by atoms with Crippen LogP contribution in [0.4, 0.5) is 0 Å². The number of phosphoric acid groups is 1. The normalized spacial score (nSPS) is 14.1. The molecule has 364 valence electrons. The number of hydrogen-bond donors (Lipinski definition) is 2. The van der Waals surface area contributed by atoms with Gasteiger partial charge in [0.1, 0.15) is 13.2 Å². The molecule has 0 saturated carbocycles. The molecule has 8 nitrogen and oxygen atoms in total. The maximum absolute atomic E-state index is 12.9. The van der Waals surface area contributed by atoms with Crippen LogP contribution in [0.1, 0.15) is 264 Å². The van der Waals surface area contributed by atoms with E-state index in [-0.39, 0.29) is 19.1 Å². The number of hydrogen-bond acceptors (Lipinski definition) is 6. The first-order valence-corrected chi connectivity index (χ1v) is 28.0. The number of aliphatic hydroxyl groups excluding tert-OH is 1. The van der Waals surface area contributed by atoms with Gasteiger partial charge in [-0.15, -0.1) is 0 Å². The van der Waals surface area contributed by atoms with Crippen molar-refractivity contribution in [2.75, 3.05) is 40.9 Å². The van der Waals surface area contributed by atoms with Gasteiger partial charge in [-0.3, -0.25) is 9.36 Å². The molecule has 0 aromatic rings. The zero-order valence-corrected chi connectivity index (χ0v) is 42.3. The standard InChI is InChI=1S/C52H105N2O6P/c1-6-8-10-12-14-16-18-20-22-24-25-26-27-28-30-32-34-36-38-40-42-44-46-52(56)53-50(49-60-61(57,58)59-48-47-54(3,4)5)51(55)45-43-41-39-37-35-33-31-29-23-21-19-17-15-13-11-9-7-2/h43,45,50-51,55H,6-42,44,46-49H2,1-5H3,(H-,53,56,57,58)/b45-43+. The Morgan fingerprint density at radius 1 is 0.557 bits per heavy atom. The molecule has 0 saturated heterocycles. The van der Waals surface area contributed by atoms with Crippen molar-refractivity contribution in [3.63, 3.8) is 0 Å². The van der Waals surface area contributed by atoms with Crippen LogP contribution in [-0.4, -0.2) is 68.5 Å². The van der Waals surface area contributed by atoms with Crippen LogP contribution >= 0.6 is 7.82 Å². The molecular weight excluding hydrogens is 780 g/mol. The van der Waals surface area contributed by atoms with E-state index in [0.29, 0.717) is 17.4 Å². The lowest BCUT2D eigenvalue weighted by Crippen LogP contribution is -2.45. The summed E-state index contributed by atoms with van der Waals surface area (Å²) in [5.41, 5.74) is 0. The molecule has 0 aromatic carbocycles. The van der Waals surface area contributed by atoms with Gasteiger partial charge >= 0.3 is 0 Å². The number of nitrogens with zero attached hydrogens (tertiary/aromatic N) is 1. The van der Waals surface area contributed by atoms with Crippen molar-refractivity contribution < 1.29 is 32.9 Å². The Labute approximate surface area is 380 Å². The van der Waals surface area contributed by atoms with Gasteiger partial charge < -0.3 is 28.8 Å². The molecule has 3 atom stereocenters. The minimum Gasteiger partial charge on any atom is -0.756 e. The second kappa shape index (κ2) is 44.4. The summed E-state index contributed by atoms with van der Waals surface area (Å²) in [5.74, 6) is -0.191. The van der Waals surface area contributed by atoms with E-state index < -0.39 is 20.0 Å². The molecule has 0 fully saturated rings. The first-order valence-electron chi connectivity index (χ1n) is 26.6. The molecule has 9 heteroatoms. The number of carbonyl (C=O) groups excluding carboxylic acids is 1. The Kier molecular flexibility index (Phi) is 43.9. The Bertz CT molecular complexity index is 1000. The van der Waals surface area contributed by atoms with Crippen LogP contribution in [0, 0.1) is 0 Å². The SMILES string of the molecule is CCCCCCCCCCCCCCCCC/C=C/C(O)C(COP(=O)([O-])OCC[N+](C)(C)C)NC(=O)CCCCCCCCCCCCCCCCCCCCCCCC. The molecule has 61 heavy (non-hydrogen) atoms. The summed E-state index contributed by atoms with van der Waals surface area (Å²) >= 11 is 0. The van der Waals surface area contributed by atoms with E-state index >= 15 is 0 Å². The quantitative estimate of drug-likeness (QED) is 0.0273. The van der Waals surface area contributed by atoms with Crippen molar-refractivity contribution >= 4 is 13.7 Å². The Morgan fingerprint density at radius 3 is 1.23 bits per heavy atom. The van der Waals surface area contributed by atoms with E-state index in [1.165, 1.54) is 205 Å². The van der Waals surface area contributed by atoms with Crippen molar-refractivity contribution in [2.45, 2.75) is 276 Å². The summed E-state index contributed by atoms with van der Waals surface area (Å²) in [7, 11) is 1.28. The third-order valence-corrected chi connectivity index (χ3v) is 13.2. The molecule has 0 radical (unpaired) electrons. The highest BCUT2D eigenvalue weighted by atomic mass is 31.2. The number of allylic oxidation sites excluding steroid dienone is 1. The lowest BCUT2D eigenvalue weighted by molar-refractivity contribution is -0.870. The summed E-state index contributed by atoms with van der Waals surface area (Å²) < 4.78 is 23.3. The Hall–Kier alpha value is -0.760. The molecule has 0 spiro atoms. The van der Waals surface area contributed by atoms with Gasteiger partial charge in [0.05, 0.1) is 39.9 Å². The minimum atomic E-state index is -4.59. The number of phosphoric ester groups is 1. The fourth-order valence-electron chi connectivity index (χ4n) is 8.04. The number of likely N-dealkylation sites (N-methyl/N-ethyl adjacent to an activating group) is 1. The topological polar surface area (TPSA) is 108 Å². The summed E-state index contributed by atoms with van der Waals surface area (Å²) in [6, 6.07) is -0.881. The van der Waals surface area contributed by atoms with Gasteiger partial charge in [0.25, 0.3) is 7.82 Å². The number of rotatable bonds is 49. The van der Waals surface area contributed by atoms with E-state index in [4.69, 9.17) is 9.05 Å². The molecule has 0 aliphatic carbocycles. The minimum absolute atomic E-state index is 0.00250. The highest BCUT2D eigenvalue weighted by Crippen LogP contribution is 2.38. The molecule has 0 bridgehead atoms. The van der Waals surface area contributed by atoms with Crippen LogP contribution < -0.4 is 10.2 Å². The van der Waals surface area contributed by atoms with Crippen LogP contribution in [0.5, 0.6) is 0 Å². The van der Waals surface area contributed by atoms with Gasteiger partial charge in [-0.1, -0.05) is 251 Å². The summed E-state index contributed by atoms with van der Waals surface area (Å²) in [4.78, 5) is 25.4. The smallest absolute Gasteiger partial charge is 0.268 e. The summed E-state index contributed by atoms with van der Waals surface area (Å²) in [6.07, 6.45) is 52.7. The van der Waals surface area contributed by atoms with Crippen LogP contribution in [0.3, 0.4) is 0 Å². The third-order valence-electron chi connectivity index (χ3n) is 12.2. The van der Waals surface area contributed by atoms with E-state index in [1.807, 2.05) is 27.2 Å². The molecule has 2 N–H and O–H groups in total. The van der Waals surface area contributed by atoms with Crippen LogP contribution in [-0.2, 0) is 18.4 Å². The van der Waals surface area contributed by atoms with Crippen LogP contribution in [0.2, 0.25) is 0 Å². The first kappa shape index (κ1) is 60.2. The molecule has 3 unspecified atom stereocenters. The predicted octanol–water partition coefficient (Wildman–Crippen LogP) is 14.8. The van der Waals surface area contributed by atoms with Crippen molar-refractivity contribution in [2.24, 2.45) is 0 Å². The summed E-state index contributed by atoms with van der Waals surface area (Å²) in [6.45, 7) is 4.69. The van der Waals surface area contributed by atoms with Gasteiger partial charge in [0, 0.05) is 6.42 Å². The highest BCUT2D eigenvalue weighted by Gasteiger charge is 2.23. The lowest BCUT2D eigenvalue weighted by Gasteiger charge is -2.29. The van der Waals surface area contributed by atoms with Gasteiger partial charge in [-0.05, 0) is 19.3 Å². The van der Waals surface area contributed by atoms with Gasteiger partial charge in [0.2, 0.25) is 5.91 Å². The lowest BCUT2D eigenvalue weighted by atomic mass is 10.0. The van der Waals surface area contributed by atoms with E-state index in [1.54, 1.807) is 6.08 Å². The van der Waals surface area contributed by atoms with Crippen molar-refractivity contribution in [1.82, 2.24) is 5.32 Å². The number of carbonyl (C=O) groups is 1. The molecule has 0 aromatic heterocycles. The Balaban J connectivity index is 4.23. The maximum Gasteiger partial charge on any atom is 0.268 e. The molecule has 0 heterocycles. The first-order chi connectivity index (χ1) is 29.5. The second-order valence-electron chi connectivity index (χ2n) is 19.6. The monoisotopic (exact) mass is 885 g/mol. The Morgan fingerprint density at radius 2 is 0.885 bits per heavy atom. The van der Waals surface area contributed by atoms with E-state index in [2.05, 4.69) is 19.2 Å². The average molecular weight is 885 g/mol. The van der Waals surface area contributed by atoms with Crippen LogP contribution in [0.25, 0.3) is 0 Å². The zero-order valence-electron chi connectivity index (χ0n) is 41.4. The van der Waals surface area contributed by atoms with Crippen LogP contribution in [0.15, 0.2) is 12.2 Å². The number of aliphatic hydroxyl groups is 1. The van der Waals surface area contributed by atoms with Crippen molar-refractivity contribution in [3.05, 3.63) is 12.2 Å². The molecule has 0 aliphatic heterocycles. The largest absolute Gasteiger partial charge is 0.756 e. The molecular formula is C52H105N2O6P. The van der Waals surface area contributed by atoms with Crippen molar-refractivity contribution in [3.8, 4) is 0 Å². The van der Waals surface area contributed by atoms with E-state index in [9.17, 15) is 19.4 Å². The maximum atomic E-state index is 12.9. The van der Waals surface area contributed by atoms with E-state index in [0.717, 1.165) is 38.5 Å². The molecule has 1 amide bonds. The molecule has 0 rings (SSSR count). The van der Waals surface area contributed by atoms with Crippen molar-refractivity contribution in [1.29, 1.82) is 0 Å². The number of unbranched alkanes of at least 4 members (excludes halogenated alkanes) is 36. The number of quaternary nitrogens is 1. The fraction of sp³-hybridized carbons (Fsp3) is 0.942. The van der Waals surface area contributed by atoms with Gasteiger partial charge in [-0.25, -0.2) is 0 Å². The third kappa shape index (κ3) is 47.0. The molecule has 0 aliphatic rings. The average Bonchev–Trinajstić information content (AvgIpc) is 3.21. The fourth-order valence-corrected chi connectivity index (χ4v) is 8.76. The highest BCUT2D eigenvalue weighted by molar-refractivity contribution is 7.45.